The van der Waals surface area contributed by atoms with Crippen LogP contribution in [0.3, 0.4) is 0 Å². The maximum Gasteiger partial charge on any atom is 0.333 e. The highest BCUT2D eigenvalue weighted by Crippen LogP contribution is 2.49. The average molecular weight is 396 g/mol. The summed E-state index contributed by atoms with van der Waals surface area (Å²) in [6.45, 7) is 3.20. The van der Waals surface area contributed by atoms with E-state index in [1.807, 2.05) is 0 Å². The quantitative estimate of drug-likeness (QED) is 0.209. The molecule has 0 aromatic heterocycles. The summed E-state index contributed by atoms with van der Waals surface area (Å²) in [6, 6.07) is 4.21. The fourth-order valence-electron chi connectivity index (χ4n) is 1.65. The predicted octanol–water partition coefficient (Wildman–Crippen LogP) is 2.47. The number of rotatable bonds is 10. The Balaban J connectivity index is 3.19. The van der Waals surface area contributed by atoms with E-state index in [2.05, 4.69) is 17.5 Å². The molecule has 0 saturated carbocycles. The van der Waals surface area contributed by atoms with Gasteiger partial charge in [0.2, 0.25) is 15.4 Å². The van der Waals surface area contributed by atoms with Gasteiger partial charge in [-0.05, 0) is 19.1 Å². The highest BCUT2D eigenvalue weighted by molar-refractivity contribution is 7.92. The molecule has 12 heteroatoms. The average Bonchev–Trinajstić information content (AvgIpc) is 2.54. The third-order valence-corrected chi connectivity index (χ3v) is 6.79. The van der Waals surface area contributed by atoms with Gasteiger partial charge in [0.05, 0.1) is 21.9 Å². The summed E-state index contributed by atoms with van der Waals surface area (Å²) in [5.41, 5.74) is -1.09. The summed E-state index contributed by atoms with van der Waals surface area (Å²) >= 11 is 4.59. The second-order valence-electron chi connectivity index (χ2n) is 4.36. The Bertz CT molecular complexity index is 736. The molecule has 0 aliphatic rings. The zero-order chi connectivity index (χ0) is 18.4. The van der Waals surface area contributed by atoms with Crippen LogP contribution in [-0.4, -0.2) is 37.2 Å². The van der Waals surface area contributed by atoms with E-state index in [1.54, 1.807) is 6.92 Å². The lowest BCUT2D eigenvalue weighted by Crippen LogP contribution is -2.37. The van der Waals surface area contributed by atoms with Crippen molar-refractivity contribution in [2.75, 3.05) is 12.8 Å². The van der Waals surface area contributed by atoms with Gasteiger partial charge in [0.15, 0.2) is 0 Å². The normalized spacial score (nSPS) is 15.2. The van der Waals surface area contributed by atoms with Crippen LogP contribution in [0.5, 0.6) is 0 Å². The molecule has 2 unspecified atom stereocenters. The molecule has 2 atom stereocenters. The van der Waals surface area contributed by atoms with Crippen molar-refractivity contribution in [1.82, 2.24) is 5.32 Å². The maximum atomic E-state index is 12.6. The van der Waals surface area contributed by atoms with Crippen LogP contribution in [0.2, 0.25) is 0 Å². The minimum Gasteiger partial charge on any atom is -0.344 e. The third kappa shape index (κ3) is 5.05. The van der Waals surface area contributed by atoms with E-state index in [1.165, 1.54) is 6.92 Å². The first-order valence-corrected chi connectivity index (χ1v) is 10.5. The Morgan fingerprint density at radius 3 is 2.38 bits per heavy atom. The Kier molecular flexibility index (Phi) is 7.43. The summed E-state index contributed by atoms with van der Waals surface area (Å²) in [5.74, 6) is 0. The van der Waals surface area contributed by atoms with Crippen LogP contribution in [0.15, 0.2) is 29.2 Å². The molecule has 0 saturated heterocycles. The molecule has 1 aromatic rings. The van der Waals surface area contributed by atoms with Crippen LogP contribution < -0.4 is 5.32 Å². The number of sulfone groups is 1. The Morgan fingerprint density at radius 1 is 1.38 bits per heavy atom. The summed E-state index contributed by atoms with van der Waals surface area (Å²) in [7, 11) is -7.82. The van der Waals surface area contributed by atoms with Gasteiger partial charge in [-0.2, -0.15) is 0 Å². The molecule has 0 spiro atoms. The highest BCUT2D eigenvalue weighted by Gasteiger charge is 2.35. The molecule has 0 aliphatic heterocycles. The molecule has 0 aliphatic carbocycles. The van der Waals surface area contributed by atoms with E-state index in [4.69, 9.17) is 9.05 Å². The molecular formula is C12H17N2O7PS2. The van der Waals surface area contributed by atoms with Gasteiger partial charge in [-0.25, -0.2) is 8.42 Å². The molecule has 1 rings (SSSR count). The second kappa shape index (κ2) is 8.63. The zero-order valence-corrected chi connectivity index (χ0v) is 15.5. The maximum absolute atomic E-state index is 12.6. The van der Waals surface area contributed by atoms with Crippen LogP contribution in [0.1, 0.15) is 13.8 Å². The summed E-state index contributed by atoms with van der Waals surface area (Å²) < 4.78 is 47.8. The van der Waals surface area contributed by atoms with Crippen molar-refractivity contribution >= 4 is 40.8 Å². The van der Waals surface area contributed by atoms with Gasteiger partial charge in [0.1, 0.15) is 0 Å². The number of nitro benzene ring substituents is 1. The Hall–Kier alpha value is -1.39. The minimum atomic E-state index is -4.17. The topological polar surface area (TPSA) is 125 Å². The van der Waals surface area contributed by atoms with Crippen molar-refractivity contribution in [1.29, 1.82) is 0 Å². The Labute approximate surface area is 144 Å². The largest absolute Gasteiger partial charge is 0.344 e. The number of thiocarbonyl (C=S) groups is 1. The van der Waals surface area contributed by atoms with Crippen molar-refractivity contribution < 1.29 is 27.0 Å². The van der Waals surface area contributed by atoms with Gasteiger partial charge in [0.25, 0.3) is 5.69 Å². The molecule has 1 aromatic carbocycles. The van der Waals surface area contributed by atoms with Gasteiger partial charge in [-0.1, -0.05) is 19.1 Å². The first-order chi connectivity index (χ1) is 11.2. The van der Waals surface area contributed by atoms with Crippen molar-refractivity contribution in [3.8, 4) is 0 Å². The van der Waals surface area contributed by atoms with Crippen molar-refractivity contribution in [2.45, 2.75) is 24.3 Å². The predicted molar refractivity (Wildman–Crippen MR) is 91.7 cm³/mol. The lowest BCUT2D eigenvalue weighted by Gasteiger charge is -2.23. The van der Waals surface area contributed by atoms with E-state index in [0.717, 1.165) is 29.8 Å². The highest BCUT2D eigenvalue weighted by atomic mass is 32.2. The Morgan fingerprint density at radius 2 is 1.96 bits per heavy atom. The van der Waals surface area contributed by atoms with Crippen LogP contribution in [0, 0.1) is 10.1 Å². The summed E-state index contributed by atoms with van der Waals surface area (Å²) in [4.78, 5) is 9.74. The van der Waals surface area contributed by atoms with Crippen molar-refractivity contribution in [2.24, 2.45) is 0 Å². The first kappa shape index (κ1) is 20.7. The molecule has 0 amide bonds. The monoisotopic (exact) mass is 396 g/mol. The van der Waals surface area contributed by atoms with Crippen LogP contribution >= 0.6 is 19.8 Å². The number of nitrogens with zero attached hydrogens (tertiary/aromatic N) is 1. The van der Waals surface area contributed by atoms with Crippen LogP contribution in [-0.2, 0) is 23.4 Å². The lowest BCUT2D eigenvalue weighted by molar-refractivity contribution is -0.384. The smallest absolute Gasteiger partial charge is 0.333 e. The first-order valence-electron chi connectivity index (χ1n) is 6.80. The third-order valence-electron chi connectivity index (χ3n) is 2.83. The molecule has 0 heterocycles. The van der Waals surface area contributed by atoms with Crippen molar-refractivity contribution in [3.05, 3.63) is 34.4 Å². The number of nitrogens with one attached hydrogen (secondary N) is 1. The minimum absolute atomic E-state index is 0.0355. The van der Waals surface area contributed by atoms with E-state index < -0.39 is 27.9 Å². The fraction of sp³-hybridized carbons (Fsp3) is 0.417. The van der Waals surface area contributed by atoms with E-state index in [0.29, 0.717) is 0 Å². The van der Waals surface area contributed by atoms with Gasteiger partial charge in [-0.15, -0.1) is 0 Å². The fourth-order valence-corrected chi connectivity index (χ4v) is 4.86. The number of non-ortho nitro benzene ring substituents is 1. The second-order valence-corrected chi connectivity index (χ2v) is 8.91. The number of nitro groups is 1. The number of hydrogen-bond donors (Lipinski definition) is 1. The molecule has 134 valence electrons. The van der Waals surface area contributed by atoms with E-state index >= 15 is 0 Å². The number of benzene rings is 1. The van der Waals surface area contributed by atoms with Gasteiger partial charge < -0.3 is 9.84 Å². The van der Waals surface area contributed by atoms with E-state index in [-0.39, 0.29) is 23.4 Å². The zero-order valence-electron chi connectivity index (χ0n) is 12.9. The van der Waals surface area contributed by atoms with Crippen LogP contribution in [0.25, 0.3) is 0 Å². The van der Waals surface area contributed by atoms with Gasteiger partial charge >= 0.3 is 7.60 Å². The molecule has 9 nitrogen and oxygen atoms in total. The molecule has 0 fully saturated rings. The SMILES string of the molecule is CCOP(=O)(CC)OC(NC=S)S(=O)(=O)c1ccc([N+](=O)[O-])cc1. The van der Waals surface area contributed by atoms with E-state index in [9.17, 15) is 23.1 Å². The summed E-state index contributed by atoms with van der Waals surface area (Å²) in [6.07, 6.45) is -0.0355. The lowest BCUT2D eigenvalue weighted by atomic mass is 10.3. The van der Waals surface area contributed by atoms with Crippen molar-refractivity contribution in [3.63, 3.8) is 0 Å². The molecule has 0 radical (unpaired) electrons. The molecule has 0 bridgehead atoms. The van der Waals surface area contributed by atoms with Gasteiger partial charge in [-0.3, -0.25) is 19.2 Å². The molecule has 24 heavy (non-hydrogen) atoms. The van der Waals surface area contributed by atoms with Crippen LogP contribution in [0.4, 0.5) is 5.69 Å². The number of hydrogen-bond acceptors (Lipinski definition) is 8. The van der Waals surface area contributed by atoms with Gasteiger partial charge in [0, 0.05) is 18.3 Å². The standard InChI is InChI=1S/C12H17N2O7PS2/c1-3-20-22(17,4-2)21-12(13-9-23)24(18,19)11-7-5-10(6-8-11)14(15)16/h5-9,12H,3-4H2,1-2H3,(H,13,23). The molecular weight excluding hydrogens is 379 g/mol. The summed E-state index contributed by atoms with van der Waals surface area (Å²) in [5, 5.41) is 12.9. The molecule has 1 N–H and O–H groups in total.